The van der Waals surface area contributed by atoms with Gasteiger partial charge < -0.3 is 15.0 Å². The molecule has 1 amide bonds. The predicted molar refractivity (Wildman–Crippen MR) is 92.5 cm³/mol. The Balaban J connectivity index is 1.69. The first-order valence-corrected chi connectivity index (χ1v) is 9.70. The fourth-order valence-corrected chi connectivity index (χ4v) is 4.33. The molecular formula is C19H34N2O2. The molecule has 1 saturated heterocycles. The van der Waals surface area contributed by atoms with Crippen molar-refractivity contribution in [2.24, 2.45) is 5.92 Å². The third kappa shape index (κ3) is 4.62. The molecule has 0 bridgehead atoms. The van der Waals surface area contributed by atoms with Crippen LogP contribution in [0.2, 0.25) is 0 Å². The molecule has 2 saturated carbocycles. The lowest BCUT2D eigenvalue weighted by atomic mass is 9.76. The van der Waals surface area contributed by atoms with Crippen LogP contribution < -0.4 is 5.32 Å². The van der Waals surface area contributed by atoms with Crippen molar-refractivity contribution in [3.8, 4) is 0 Å². The second kappa shape index (κ2) is 7.00. The molecule has 4 heteroatoms. The summed E-state index contributed by atoms with van der Waals surface area (Å²) in [5, 5.41) is 3.87. The Bertz CT molecular complexity index is 414. The summed E-state index contributed by atoms with van der Waals surface area (Å²) in [4.78, 5) is 14.8. The highest BCUT2D eigenvalue weighted by atomic mass is 16.6. The zero-order valence-electron chi connectivity index (χ0n) is 15.1. The van der Waals surface area contributed by atoms with Crippen molar-refractivity contribution in [2.45, 2.75) is 102 Å². The largest absolute Gasteiger partial charge is 0.444 e. The quantitative estimate of drug-likeness (QED) is 0.851. The molecule has 4 nitrogen and oxygen atoms in total. The third-order valence-electron chi connectivity index (χ3n) is 5.52. The van der Waals surface area contributed by atoms with Crippen molar-refractivity contribution >= 4 is 6.09 Å². The summed E-state index contributed by atoms with van der Waals surface area (Å²) in [6.07, 6.45) is 11.3. The lowest BCUT2D eigenvalue weighted by molar-refractivity contribution is -0.00534. The van der Waals surface area contributed by atoms with Crippen LogP contribution in [0.15, 0.2) is 0 Å². The second-order valence-electron chi connectivity index (χ2n) is 8.73. The average Bonchev–Trinajstić information content (AvgIpc) is 3.30. The van der Waals surface area contributed by atoms with Crippen molar-refractivity contribution in [1.82, 2.24) is 10.2 Å². The normalized spacial score (nSPS) is 32.7. The Hall–Kier alpha value is -0.770. The van der Waals surface area contributed by atoms with Gasteiger partial charge in [-0.25, -0.2) is 4.79 Å². The molecule has 3 unspecified atom stereocenters. The van der Waals surface area contributed by atoms with Gasteiger partial charge >= 0.3 is 6.09 Å². The van der Waals surface area contributed by atoms with Crippen LogP contribution in [0.25, 0.3) is 0 Å². The van der Waals surface area contributed by atoms with Gasteiger partial charge in [-0.3, -0.25) is 0 Å². The molecule has 3 rings (SSSR count). The van der Waals surface area contributed by atoms with Crippen molar-refractivity contribution in [3.05, 3.63) is 0 Å². The maximum absolute atomic E-state index is 12.7. The number of rotatable bonds is 3. The zero-order chi connectivity index (χ0) is 16.4. The number of carbonyl (C=O) groups excluding carboxylic acids is 1. The van der Waals surface area contributed by atoms with E-state index in [2.05, 4.69) is 10.2 Å². The summed E-state index contributed by atoms with van der Waals surface area (Å²) in [6.45, 7) is 6.75. The SMILES string of the molecule is CC(C)(C)OC(=O)N1CCCCC1C1CCCCC1NC1CC1. The van der Waals surface area contributed by atoms with Gasteiger partial charge in [0.25, 0.3) is 0 Å². The Morgan fingerprint density at radius 2 is 1.70 bits per heavy atom. The smallest absolute Gasteiger partial charge is 0.410 e. The fraction of sp³-hybridized carbons (Fsp3) is 0.947. The van der Waals surface area contributed by atoms with Crippen LogP contribution in [0.4, 0.5) is 4.79 Å². The maximum atomic E-state index is 12.7. The average molecular weight is 322 g/mol. The summed E-state index contributed by atoms with van der Waals surface area (Å²) in [5.74, 6) is 0.608. The molecule has 0 aromatic heterocycles. The molecular weight excluding hydrogens is 288 g/mol. The molecule has 1 aliphatic heterocycles. The first kappa shape index (κ1) is 17.1. The van der Waals surface area contributed by atoms with Crippen LogP contribution in [0.3, 0.4) is 0 Å². The number of nitrogens with zero attached hydrogens (tertiary/aromatic N) is 1. The Morgan fingerprint density at radius 1 is 1.00 bits per heavy atom. The van der Waals surface area contributed by atoms with Gasteiger partial charge in [-0.2, -0.15) is 0 Å². The van der Waals surface area contributed by atoms with Crippen LogP contribution in [-0.2, 0) is 4.74 Å². The van der Waals surface area contributed by atoms with E-state index in [0.717, 1.165) is 25.4 Å². The number of piperidine rings is 1. The van der Waals surface area contributed by atoms with E-state index in [0.29, 0.717) is 18.0 Å². The van der Waals surface area contributed by atoms with Crippen molar-refractivity contribution < 1.29 is 9.53 Å². The Kier molecular flexibility index (Phi) is 5.19. The van der Waals surface area contributed by atoms with E-state index in [1.807, 2.05) is 20.8 Å². The molecule has 0 radical (unpaired) electrons. The highest BCUT2D eigenvalue weighted by Gasteiger charge is 2.41. The number of hydrogen-bond donors (Lipinski definition) is 1. The minimum Gasteiger partial charge on any atom is -0.444 e. The lowest BCUT2D eigenvalue weighted by Gasteiger charge is -2.45. The standard InChI is InChI=1S/C19H34N2O2/c1-19(2,3)23-18(22)21-13-7-6-10-17(21)15-8-4-5-9-16(15)20-14-11-12-14/h14-17,20H,4-13H2,1-3H3. The number of carbonyl (C=O) groups is 1. The van der Waals surface area contributed by atoms with E-state index >= 15 is 0 Å². The Labute approximate surface area is 141 Å². The van der Waals surface area contributed by atoms with E-state index in [-0.39, 0.29) is 6.09 Å². The minimum atomic E-state index is -0.405. The highest BCUT2D eigenvalue weighted by molar-refractivity contribution is 5.68. The number of ether oxygens (including phenoxy) is 1. The van der Waals surface area contributed by atoms with Crippen LogP contribution in [0.1, 0.15) is 78.6 Å². The van der Waals surface area contributed by atoms with Gasteiger partial charge in [-0.1, -0.05) is 12.8 Å². The Morgan fingerprint density at radius 3 is 2.39 bits per heavy atom. The fourth-order valence-electron chi connectivity index (χ4n) is 4.33. The van der Waals surface area contributed by atoms with Crippen molar-refractivity contribution in [2.75, 3.05) is 6.54 Å². The summed E-state index contributed by atoms with van der Waals surface area (Å²) in [7, 11) is 0. The van der Waals surface area contributed by atoms with E-state index in [1.165, 1.54) is 44.9 Å². The molecule has 23 heavy (non-hydrogen) atoms. The molecule has 2 aliphatic carbocycles. The minimum absolute atomic E-state index is 0.0991. The number of likely N-dealkylation sites (tertiary alicyclic amines) is 1. The number of hydrogen-bond acceptors (Lipinski definition) is 3. The van der Waals surface area contributed by atoms with Crippen molar-refractivity contribution in [1.29, 1.82) is 0 Å². The first-order valence-electron chi connectivity index (χ1n) is 9.70. The van der Waals surface area contributed by atoms with Crippen molar-refractivity contribution in [3.63, 3.8) is 0 Å². The van der Waals surface area contributed by atoms with E-state index in [1.54, 1.807) is 0 Å². The molecule has 0 aromatic carbocycles. The summed E-state index contributed by atoms with van der Waals surface area (Å²) < 4.78 is 5.69. The topological polar surface area (TPSA) is 41.6 Å². The van der Waals surface area contributed by atoms with E-state index in [4.69, 9.17) is 4.74 Å². The van der Waals surface area contributed by atoms with Crippen LogP contribution in [-0.4, -0.2) is 41.3 Å². The molecule has 132 valence electrons. The molecule has 0 spiro atoms. The molecule has 1 N–H and O–H groups in total. The molecule has 3 fully saturated rings. The van der Waals surface area contributed by atoms with Gasteiger partial charge in [0.2, 0.25) is 0 Å². The molecule has 1 heterocycles. The van der Waals surface area contributed by atoms with Crippen LogP contribution in [0, 0.1) is 5.92 Å². The second-order valence-corrected chi connectivity index (χ2v) is 8.73. The third-order valence-corrected chi connectivity index (χ3v) is 5.52. The molecule has 0 aromatic rings. The van der Waals surface area contributed by atoms with Gasteiger partial charge in [0.05, 0.1) is 0 Å². The van der Waals surface area contributed by atoms with Gasteiger partial charge in [0.1, 0.15) is 5.60 Å². The number of amides is 1. The summed E-state index contributed by atoms with van der Waals surface area (Å²) in [5.41, 5.74) is -0.405. The highest BCUT2D eigenvalue weighted by Crippen LogP contribution is 2.36. The summed E-state index contributed by atoms with van der Waals surface area (Å²) in [6, 6.07) is 1.72. The van der Waals surface area contributed by atoms with E-state index in [9.17, 15) is 4.79 Å². The van der Waals surface area contributed by atoms with Gasteiger partial charge in [0, 0.05) is 24.7 Å². The van der Waals surface area contributed by atoms with Crippen LogP contribution in [0.5, 0.6) is 0 Å². The maximum Gasteiger partial charge on any atom is 0.410 e. The molecule has 3 aliphatic rings. The number of nitrogens with one attached hydrogen (secondary N) is 1. The lowest BCUT2D eigenvalue weighted by Crippen LogP contribution is -2.55. The predicted octanol–water partition coefficient (Wildman–Crippen LogP) is 4.09. The molecule has 3 atom stereocenters. The monoisotopic (exact) mass is 322 g/mol. The zero-order valence-corrected chi connectivity index (χ0v) is 15.1. The van der Waals surface area contributed by atoms with Gasteiger partial charge in [-0.05, 0) is 71.6 Å². The summed E-state index contributed by atoms with van der Waals surface area (Å²) >= 11 is 0. The van der Waals surface area contributed by atoms with Gasteiger partial charge in [-0.15, -0.1) is 0 Å². The first-order chi connectivity index (χ1) is 10.9. The van der Waals surface area contributed by atoms with E-state index < -0.39 is 5.60 Å². The van der Waals surface area contributed by atoms with Crippen LogP contribution >= 0.6 is 0 Å². The van der Waals surface area contributed by atoms with Gasteiger partial charge in [0.15, 0.2) is 0 Å².